The van der Waals surface area contributed by atoms with Crippen molar-refractivity contribution in [3.63, 3.8) is 0 Å². The molecule has 4 heteroatoms. The van der Waals surface area contributed by atoms with Crippen molar-refractivity contribution in [2.75, 3.05) is 26.7 Å². The maximum atomic E-state index is 6.07. The first-order valence-corrected chi connectivity index (χ1v) is 7.49. The number of aliphatic imine (C=N–C) groups is 1. The van der Waals surface area contributed by atoms with Gasteiger partial charge in [-0.05, 0) is 18.8 Å². The van der Waals surface area contributed by atoms with Gasteiger partial charge >= 0.3 is 0 Å². The van der Waals surface area contributed by atoms with E-state index in [2.05, 4.69) is 41.8 Å². The lowest BCUT2D eigenvalue weighted by atomic mass is 10.0. The molecule has 20 heavy (non-hydrogen) atoms. The second kappa shape index (κ2) is 8.10. The molecule has 0 bridgehead atoms. The number of hydrogen-bond acceptors (Lipinski definition) is 2. The van der Waals surface area contributed by atoms with Gasteiger partial charge in [-0.2, -0.15) is 0 Å². The van der Waals surface area contributed by atoms with Gasteiger partial charge in [-0.25, -0.2) is 0 Å². The summed E-state index contributed by atoms with van der Waals surface area (Å²) in [5.41, 5.74) is 6.07. The highest BCUT2D eigenvalue weighted by Gasteiger charge is 2.27. The number of rotatable bonds is 9. The Labute approximate surface area is 124 Å². The van der Waals surface area contributed by atoms with E-state index in [0.717, 1.165) is 19.6 Å². The summed E-state index contributed by atoms with van der Waals surface area (Å²) >= 11 is 0. The van der Waals surface area contributed by atoms with Crippen LogP contribution in [0, 0.1) is 5.92 Å². The van der Waals surface area contributed by atoms with Gasteiger partial charge < -0.3 is 10.6 Å². The van der Waals surface area contributed by atoms with Crippen LogP contribution in [0.4, 0.5) is 0 Å². The number of nitrogens with two attached hydrogens (primary N) is 1. The Balaban J connectivity index is 2.66. The lowest BCUT2D eigenvalue weighted by Crippen LogP contribution is -2.43. The fourth-order valence-electron chi connectivity index (χ4n) is 2.37. The molecule has 0 amide bonds. The van der Waals surface area contributed by atoms with Gasteiger partial charge in [0.25, 0.3) is 0 Å². The van der Waals surface area contributed by atoms with E-state index >= 15 is 0 Å². The van der Waals surface area contributed by atoms with E-state index in [1.165, 1.54) is 12.8 Å². The molecule has 0 aromatic heterocycles. The van der Waals surface area contributed by atoms with Crippen molar-refractivity contribution >= 4 is 5.96 Å². The fraction of sp³-hybridized carbons (Fsp3) is 0.688. The summed E-state index contributed by atoms with van der Waals surface area (Å²) in [4.78, 5) is 9.05. The molecule has 1 fully saturated rings. The Morgan fingerprint density at radius 1 is 1.30 bits per heavy atom. The minimum atomic E-state index is 0.358. The van der Waals surface area contributed by atoms with Crippen molar-refractivity contribution in [2.45, 2.75) is 38.8 Å². The molecule has 0 aromatic rings. The van der Waals surface area contributed by atoms with Crippen LogP contribution in [0.3, 0.4) is 0 Å². The maximum absolute atomic E-state index is 6.07. The molecular formula is C16H30N4. The number of hydrogen-bond donors (Lipinski definition) is 1. The average Bonchev–Trinajstić information content (AvgIpc) is 3.22. The molecule has 0 spiro atoms. The van der Waals surface area contributed by atoms with Gasteiger partial charge in [0.1, 0.15) is 0 Å². The molecule has 1 atom stereocenters. The van der Waals surface area contributed by atoms with Crippen molar-refractivity contribution in [1.82, 2.24) is 9.80 Å². The Hall–Kier alpha value is -1.29. The Morgan fingerprint density at radius 3 is 2.25 bits per heavy atom. The third-order valence-corrected chi connectivity index (χ3v) is 3.86. The second-order valence-corrected chi connectivity index (χ2v) is 5.88. The molecule has 1 saturated carbocycles. The molecule has 1 aliphatic carbocycles. The molecule has 0 saturated heterocycles. The van der Waals surface area contributed by atoms with E-state index in [1.807, 2.05) is 19.2 Å². The average molecular weight is 278 g/mol. The van der Waals surface area contributed by atoms with Gasteiger partial charge in [0.05, 0.1) is 6.54 Å². The summed E-state index contributed by atoms with van der Waals surface area (Å²) < 4.78 is 0. The van der Waals surface area contributed by atoms with Gasteiger partial charge in [-0.3, -0.25) is 9.89 Å². The van der Waals surface area contributed by atoms with Gasteiger partial charge in [0.15, 0.2) is 5.96 Å². The summed E-state index contributed by atoms with van der Waals surface area (Å²) in [5.74, 6) is 1.17. The molecule has 0 heterocycles. The minimum absolute atomic E-state index is 0.358. The third kappa shape index (κ3) is 5.00. The van der Waals surface area contributed by atoms with Crippen molar-refractivity contribution in [2.24, 2.45) is 16.6 Å². The van der Waals surface area contributed by atoms with Gasteiger partial charge in [0.2, 0.25) is 0 Å². The predicted octanol–water partition coefficient (Wildman–Crippen LogP) is 2.09. The molecule has 0 radical (unpaired) electrons. The molecule has 114 valence electrons. The lowest BCUT2D eigenvalue weighted by molar-refractivity contribution is 0.195. The van der Waals surface area contributed by atoms with E-state index in [9.17, 15) is 0 Å². The topological polar surface area (TPSA) is 44.9 Å². The highest BCUT2D eigenvalue weighted by atomic mass is 15.3. The molecule has 1 aliphatic rings. The van der Waals surface area contributed by atoms with Crippen LogP contribution in [-0.4, -0.2) is 54.5 Å². The molecule has 2 N–H and O–H groups in total. The molecule has 1 rings (SSSR count). The zero-order valence-electron chi connectivity index (χ0n) is 13.3. The Bertz CT molecular complexity index is 334. The smallest absolute Gasteiger partial charge is 0.191 e. The minimum Gasteiger partial charge on any atom is -0.370 e. The van der Waals surface area contributed by atoms with Gasteiger partial charge in [-0.15, -0.1) is 13.2 Å². The standard InChI is InChI=1S/C16H30N4/c1-6-10-20(11-7-2)15(13(3)4)12-18-16(17)19(5)14-8-9-14/h6-7,13-15H,1-2,8-12H2,3-5H3,(H2,17,18). The van der Waals surface area contributed by atoms with Gasteiger partial charge in [-0.1, -0.05) is 26.0 Å². The largest absolute Gasteiger partial charge is 0.370 e. The molecular weight excluding hydrogens is 248 g/mol. The van der Waals surface area contributed by atoms with Crippen molar-refractivity contribution in [1.29, 1.82) is 0 Å². The first kappa shape index (κ1) is 16.8. The first-order valence-electron chi connectivity index (χ1n) is 7.49. The van der Waals surface area contributed by atoms with Crippen molar-refractivity contribution < 1.29 is 0 Å². The summed E-state index contributed by atoms with van der Waals surface area (Å²) in [6.45, 7) is 14.5. The monoisotopic (exact) mass is 278 g/mol. The second-order valence-electron chi connectivity index (χ2n) is 5.88. The van der Waals surface area contributed by atoms with E-state index in [1.54, 1.807) is 0 Å². The highest BCUT2D eigenvalue weighted by Crippen LogP contribution is 2.25. The zero-order valence-corrected chi connectivity index (χ0v) is 13.3. The zero-order chi connectivity index (χ0) is 15.1. The van der Waals surface area contributed by atoms with Crippen LogP contribution >= 0.6 is 0 Å². The van der Waals surface area contributed by atoms with Crippen LogP contribution in [-0.2, 0) is 0 Å². The summed E-state index contributed by atoms with van der Waals surface area (Å²) in [6, 6.07) is 0.964. The maximum Gasteiger partial charge on any atom is 0.191 e. The van der Waals surface area contributed by atoms with E-state index in [0.29, 0.717) is 24.0 Å². The van der Waals surface area contributed by atoms with Crippen molar-refractivity contribution in [3.8, 4) is 0 Å². The SMILES string of the molecule is C=CCN(CC=C)C(CN=C(N)N(C)C1CC1)C(C)C. The third-order valence-electron chi connectivity index (χ3n) is 3.86. The summed E-state index contributed by atoms with van der Waals surface area (Å²) in [6.07, 6.45) is 6.34. The Kier molecular flexibility index (Phi) is 6.79. The molecule has 4 nitrogen and oxygen atoms in total. The highest BCUT2D eigenvalue weighted by molar-refractivity contribution is 5.78. The molecule has 0 aromatic carbocycles. The summed E-state index contributed by atoms with van der Waals surface area (Å²) in [5, 5.41) is 0. The van der Waals surface area contributed by atoms with E-state index in [4.69, 9.17) is 5.73 Å². The van der Waals surface area contributed by atoms with E-state index < -0.39 is 0 Å². The fourth-order valence-corrected chi connectivity index (χ4v) is 2.37. The van der Waals surface area contributed by atoms with Crippen LogP contribution in [0.2, 0.25) is 0 Å². The van der Waals surface area contributed by atoms with Crippen LogP contribution < -0.4 is 5.73 Å². The van der Waals surface area contributed by atoms with Gasteiger partial charge in [0, 0.05) is 32.2 Å². The van der Waals surface area contributed by atoms with Crippen LogP contribution in [0.1, 0.15) is 26.7 Å². The van der Waals surface area contributed by atoms with Crippen LogP contribution in [0.15, 0.2) is 30.3 Å². The normalized spacial score (nSPS) is 17.4. The predicted molar refractivity (Wildman–Crippen MR) is 87.9 cm³/mol. The molecule has 1 unspecified atom stereocenters. The molecule has 0 aliphatic heterocycles. The number of nitrogens with zero attached hydrogens (tertiary/aromatic N) is 3. The van der Waals surface area contributed by atoms with Crippen molar-refractivity contribution in [3.05, 3.63) is 25.3 Å². The first-order chi connectivity index (χ1) is 9.51. The Morgan fingerprint density at radius 2 is 1.85 bits per heavy atom. The van der Waals surface area contributed by atoms with Crippen LogP contribution in [0.25, 0.3) is 0 Å². The quantitative estimate of drug-likeness (QED) is 0.399. The van der Waals surface area contributed by atoms with E-state index in [-0.39, 0.29) is 0 Å². The van der Waals surface area contributed by atoms with Crippen LogP contribution in [0.5, 0.6) is 0 Å². The summed E-state index contributed by atoms with van der Waals surface area (Å²) in [7, 11) is 2.03. The number of guanidine groups is 1. The lowest BCUT2D eigenvalue weighted by Gasteiger charge is -2.32.